The van der Waals surface area contributed by atoms with Crippen molar-refractivity contribution in [2.45, 2.75) is 50.7 Å². The number of halogens is 2. The third-order valence-electron chi connectivity index (χ3n) is 6.30. The molecule has 9 heteroatoms. The summed E-state index contributed by atoms with van der Waals surface area (Å²) in [5, 5.41) is 4.84. The van der Waals surface area contributed by atoms with Gasteiger partial charge in [0.2, 0.25) is 0 Å². The van der Waals surface area contributed by atoms with Crippen molar-refractivity contribution in [1.29, 1.82) is 0 Å². The number of benzene rings is 1. The van der Waals surface area contributed by atoms with Gasteiger partial charge in [-0.15, -0.1) is 0 Å². The summed E-state index contributed by atoms with van der Waals surface area (Å²) in [4.78, 5) is 18.6. The van der Waals surface area contributed by atoms with Gasteiger partial charge in [-0.05, 0) is 50.8 Å². The molecule has 0 amide bonds. The standard InChI is InChI=1S/C24H22ClFN6O/c1-13-10-27-22-21(18-5-2-16(25)9-19(18)26)30-23(31-24(22)29-13)14-6-7-33-20(8-14)15-11-28-32(12-15)17-3-4-17/h2,5,9-12,14,17,20H,3-4,6-8H2,1H3. The molecule has 0 N–H and O–H groups in total. The molecule has 2 atom stereocenters. The average molecular weight is 465 g/mol. The molecular weight excluding hydrogens is 443 g/mol. The smallest absolute Gasteiger partial charge is 0.182 e. The molecule has 33 heavy (non-hydrogen) atoms. The van der Waals surface area contributed by atoms with Crippen LogP contribution in [0.5, 0.6) is 0 Å². The highest BCUT2D eigenvalue weighted by molar-refractivity contribution is 6.30. The Hall–Kier alpha value is -2.97. The van der Waals surface area contributed by atoms with Crippen molar-refractivity contribution in [3.8, 4) is 11.3 Å². The van der Waals surface area contributed by atoms with Crippen molar-refractivity contribution in [2.24, 2.45) is 0 Å². The number of aryl methyl sites for hydroxylation is 1. The number of hydrogen-bond acceptors (Lipinski definition) is 6. The summed E-state index contributed by atoms with van der Waals surface area (Å²) < 4.78 is 23.0. The van der Waals surface area contributed by atoms with Crippen LogP contribution in [0.1, 0.15) is 60.8 Å². The van der Waals surface area contributed by atoms with E-state index in [4.69, 9.17) is 26.3 Å². The molecule has 1 saturated carbocycles. The Kier molecular flexibility index (Phi) is 5.07. The normalized spacial score (nSPS) is 20.9. The van der Waals surface area contributed by atoms with Crippen LogP contribution in [0.4, 0.5) is 4.39 Å². The Morgan fingerprint density at radius 2 is 2.00 bits per heavy atom. The molecule has 0 bridgehead atoms. The molecular formula is C24H22ClFN6O. The van der Waals surface area contributed by atoms with E-state index in [1.54, 1.807) is 18.3 Å². The zero-order valence-electron chi connectivity index (χ0n) is 18.1. The van der Waals surface area contributed by atoms with Crippen molar-refractivity contribution in [3.63, 3.8) is 0 Å². The van der Waals surface area contributed by atoms with Crippen molar-refractivity contribution >= 4 is 22.8 Å². The van der Waals surface area contributed by atoms with E-state index in [1.165, 1.54) is 18.9 Å². The van der Waals surface area contributed by atoms with Gasteiger partial charge >= 0.3 is 0 Å². The van der Waals surface area contributed by atoms with Crippen LogP contribution in [0.15, 0.2) is 36.8 Å². The Balaban J connectivity index is 1.39. The molecule has 2 unspecified atom stereocenters. The molecule has 4 heterocycles. The molecule has 1 saturated heterocycles. The van der Waals surface area contributed by atoms with E-state index < -0.39 is 5.82 Å². The van der Waals surface area contributed by atoms with E-state index in [2.05, 4.69) is 21.3 Å². The fraction of sp³-hybridized carbons (Fsp3) is 0.375. The summed E-state index contributed by atoms with van der Waals surface area (Å²) in [5.74, 6) is 0.233. The maximum absolute atomic E-state index is 14.9. The fourth-order valence-electron chi connectivity index (χ4n) is 4.38. The van der Waals surface area contributed by atoms with Crippen LogP contribution in [0.3, 0.4) is 0 Å². The summed E-state index contributed by atoms with van der Waals surface area (Å²) >= 11 is 5.97. The van der Waals surface area contributed by atoms with E-state index >= 15 is 0 Å². The van der Waals surface area contributed by atoms with E-state index in [0.717, 1.165) is 24.1 Å². The van der Waals surface area contributed by atoms with E-state index in [9.17, 15) is 4.39 Å². The maximum Gasteiger partial charge on any atom is 0.182 e. The Morgan fingerprint density at radius 1 is 1.12 bits per heavy atom. The van der Waals surface area contributed by atoms with E-state index in [-0.39, 0.29) is 12.0 Å². The highest BCUT2D eigenvalue weighted by Crippen LogP contribution is 2.40. The Morgan fingerprint density at radius 3 is 2.82 bits per heavy atom. The molecule has 3 aromatic heterocycles. The van der Waals surface area contributed by atoms with Crippen LogP contribution in [-0.2, 0) is 4.74 Å². The lowest BCUT2D eigenvalue weighted by molar-refractivity contribution is 0.00396. The van der Waals surface area contributed by atoms with Crippen LogP contribution in [0, 0.1) is 12.7 Å². The maximum atomic E-state index is 14.9. The van der Waals surface area contributed by atoms with Crippen LogP contribution >= 0.6 is 11.6 Å². The molecule has 2 aliphatic rings. The molecule has 1 aliphatic heterocycles. The zero-order valence-corrected chi connectivity index (χ0v) is 18.8. The summed E-state index contributed by atoms with van der Waals surface area (Å²) in [6, 6.07) is 5.09. The van der Waals surface area contributed by atoms with Crippen LogP contribution < -0.4 is 0 Å². The van der Waals surface area contributed by atoms with Crippen LogP contribution in [0.2, 0.25) is 5.02 Å². The minimum Gasteiger partial charge on any atom is -0.373 e. The molecule has 1 aliphatic carbocycles. The van der Waals surface area contributed by atoms with Crippen molar-refractivity contribution < 1.29 is 9.13 Å². The van der Waals surface area contributed by atoms with E-state index in [0.29, 0.717) is 45.9 Å². The van der Waals surface area contributed by atoms with Gasteiger partial charge < -0.3 is 4.74 Å². The largest absolute Gasteiger partial charge is 0.373 e. The van der Waals surface area contributed by atoms with Crippen molar-refractivity contribution in [3.05, 3.63) is 64.7 Å². The number of fused-ring (bicyclic) bond motifs is 1. The summed E-state index contributed by atoms with van der Waals surface area (Å²) in [6.07, 6.45) is 9.44. The van der Waals surface area contributed by atoms with Crippen molar-refractivity contribution in [2.75, 3.05) is 6.61 Å². The molecule has 4 aromatic rings. The molecule has 1 aromatic carbocycles. The lowest BCUT2D eigenvalue weighted by Gasteiger charge is -2.28. The van der Waals surface area contributed by atoms with Gasteiger partial charge in [-0.1, -0.05) is 11.6 Å². The van der Waals surface area contributed by atoms with Crippen LogP contribution in [0.25, 0.3) is 22.4 Å². The minimum atomic E-state index is -0.451. The highest BCUT2D eigenvalue weighted by atomic mass is 35.5. The molecule has 0 radical (unpaired) electrons. The molecule has 2 fully saturated rings. The predicted octanol–water partition coefficient (Wildman–Crippen LogP) is 5.35. The SMILES string of the molecule is Cc1cnc2c(-c3ccc(Cl)cc3F)nc(C3CCOC(c4cnn(C5CC5)c4)C3)nc2n1. The Bertz CT molecular complexity index is 1350. The topological polar surface area (TPSA) is 78.6 Å². The number of hydrogen-bond donors (Lipinski definition) is 0. The molecule has 6 rings (SSSR count). The number of aromatic nitrogens is 6. The first-order chi connectivity index (χ1) is 16.0. The summed E-state index contributed by atoms with van der Waals surface area (Å²) in [6.45, 7) is 2.45. The van der Waals surface area contributed by atoms with E-state index in [1.807, 2.05) is 17.8 Å². The Labute approximate surface area is 195 Å². The molecule has 7 nitrogen and oxygen atoms in total. The van der Waals surface area contributed by atoms with Gasteiger partial charge in [-0.2, -0.15) is 5.10 Å². The zero-order chi connectivity index (χ0) is 22.5. The van der Waals surface area contributed by atoms with Gasteiger partial charge in [-0.25, -0.2) is 24.3 Å². The monoisotopic (exact) mass is 464 g/mol. The van der Waals surface area contributed by atoms with Gasteiger partial charge in [0.25, 0.3) is 0 Å². The number of rotatable bonds is 4. The average Bonchev–Trinajstić information content (AvgIpc) is 3.54. The third kappa shape index (κ3) is 3.98. The number of nitrogens with zero attached hydrogens (tertiary/aromatic N) is 6. The third-order valence-corrected chi connectivity index (χ3v) is 6.53. The second-order valence-electron chi connectivity index (χ2n) is 8.80. The minimum absolute atomic E-state index is 0.0499. The predicted molar refractivity (Wildman–Crippen MR) is 121 cm³/mol. The van der Waals surface area contributed by atoms with Gasteiger partial charge in [-0.3, -0.25) is 4.68 Å². The van der Waals surface area contributed by atoms with Gasteiger partial charge in [0.15, 0.2) is 5.65 Å². The lowest BCUT2D eigenvalue weighted by Crippen LogP contribution is -2.20. The first-order valence-electron chi connectivity index (χ1n) is 11.2. The quantitative estimate of drug-likeness (QED) is 0.405. The lowest BCUT2D eigenvalue weighted by atomic mass is 9.92. The van der Waals surface area contributed by atoms with Gasteiger partial charge in [0, 0.05) is 41.1 Å². The first kappa shape index (κ1) is 20.6. The second-order valence-corrected chi connectivity index (χ2v) is 9.24. The highest BCUT2D eigenvalue weighted by Gasteiger charge is 2.31. The summed E-state index contributed by atoms with van der Waals surface area (Å²) in [5.41, 5.74) is 3.52. The molecule has 0 spiro atoms. The van der Waals surface area contributed by atoms with Gasteiger partial charge in [0.1, 0.15) is 22.9 Å². The second kappa shape index (κ2) is 8.11. The first-order valence-corrected chi connectivity index (χ1v) is 11.6. The molecule has 168 valence electrons. The number of ether oxygens (including phenoxy) is 1. The fourth-order valence-corrected chi connectivity index (χ4v) is 4.54. The van der Waals surface area contributed by atoms with Crippen molar-refractivity contribution in [1.82, 2.24) is 29.7 Å². The van der Waals surface area contributed by atoms with Crippen LogP contribution in [-0.4, -0.2) is 36.3 Å². The van der Waals surface area contributed by atoms with Gasteiger partial charge in [0.05, 0.1) is 24.0 Å². The summed E-state index contributed by atoms with van der Waals surface area (Å²) in [7, 11) is 0.